The van der Waals surface area contributed by atoms with Gasteiger partial charge in [0, 0.05) is 18.5 Å². The zero-order valence-corrected chi connectivity index (χ0v) is 19.1. The van der Waals surface area contributed by atoms with E-state index >= 15 is 0 Å². The second-order valence-corrected chi connectivity index (χ2v) is 9.31. The Morgan fingerprint density at radius 3 is 2.56 bits per heavy atom. The van der Waals surface area contributed by atoms with Crippen LogP contribution in [0.15, 0.2) is 0 Å². The predicted molar refractivity (Wildman–Crippen MR) is 112 cm³/mol. The summed E-state index contributed by atoms with van der Waals surface area (Å²) in [5, 5.41) is 15.3. The van der Waals surface area contributed by atoms with Gasteiger partial charge in [0.25, 0.3) is 5.91 Å². The number of hydrogen-bond donors (Lipinski definition) is 3. The average Bonchev–Trinajstić information content (AvgIpc) is 3.38. The topological polar surface area (TPSA) is 125 Å². The summed E-state index contributed by atoms with van der Waals surface area (Å²) in [5.74, 6) is -3.14. The highest BCUT2D eigenvalue weighted by Gasteiger charge is 2.49. The molecule has 3 amide bonds. The smallest absolute Gasteiger partial charge is 0.383 e. The zero-order chi connectivity index (χ0) is 25.0. The van der Waals surface area contributed by atoms with E-state index < -0.39 is 54.7 Å². The molecule has 34 heavy (non-hydrogen) atoms. The molecule has 0 spiro atoms. The molecule has 2 saturated heterocycles. The summed E-state index contributed by atoms with van der Waals surface area (Å²) >= 11 is 0. The molecule has 3 aliphatic rings. The Balaban J connectivity index is 1.77. The number of aliphatic hydroxyl groups is 1. The molecule has 9 nitrogen and oxygen atoms in total. The molecule has 2 heterocycles. The van der Waals surface area contributed by atoms with Crippen molar-refractivity contribution < 1.29 is 42.2 Å². The first-order valence-electron chi connectivity index (χ1n) is 11.8. The van der Waals surface area contributed by atoms with Gasteiger partial charge in [0.05, 0.1) is 6.04 Å². The van der Waals surface area contributed by atoms with Crippen molar-refractivity contribution in [1.29, 1.82) is 0 Å². The van der Waals surface area contributed by atoms with Gasteiger partial charge in [-0.15, -0.1) is 13.2 Å². The Kier molecular flexibility index (Phi) is 8.56. The Hall–Kier alpha value is -2.21. The fourth-order valence-electron chi connectivity index (χ4n) is 5.30. The van der Waals surface area contributed by atoms with Crippen molar-refractivity contribution in [1.82, 2.24) is 15.5 Å². The summed E-state index contributed by atoms with van der Waals surface area (Å²) in [6.07, 6.45) is -2.18. The molecular formula is C22H32F3N3O6. The lowest BCUT2D eigenvalue weighted by atomic mass is 9.84. The van der Waals surface area contributed by atoms with Crippen LogP contribution in [-0.2, 0) is 23.9 Å². The van der Waals surface area contributed by atoms with Crippen LogP contribution in [0.25, 0.3) is 0 Å². The normalized spacial score (nSPS) is 28.7. The second kappa shape index (κ2) is 11.0. The van der Waals surface area contributed by atoms with Crippen LogP contribution in [0.3, 0.4) is 0 Å². The van der Waals surface area contributed by atoms with Crippen molar-refractivity contribution in [3.8, 4) is 0 Å². The molecule has 12 heteroatoms. The number of aliphatic hydroxyl groups excluding tert-OH is 1. The Bertz CT molecular complexity index is 792. The number of hydrogen-bond acceptors (Lipinski definition) is 6. The molecule has 3 rings (SSSR count). The third-order valence-corrected chi connectivity index (χ3v) is 7.08. The number of fused-ring (bicyclic) bond motifs is 1. The van der Waals surface area contributed by atoms with Gasteiger partial charge in [0.2, 0.25) is 11.8 Å². The number of ether oxygens (including phenoxy) is 1. The van der Waals surface area contributed by atoms with Crippen molar-refractivity contribution in [3.05, 3.63) is 0 Å². The number of likely N-dealkylation sites (tertiary alicyclic amines) is 1. The van der Waals surface area contributed by atoms with E-state index in [-0.39, 0.29) is 30.7 Å². The van der Waals surface area contributed by atoms with Gasteiger partial charge in [-0.1, -0.05) is 19.8 Å². The summed E-state index contributed by atoms with van der Waals surface area (Å²) in [5.41, 5.74) is 0. The molecule has 0 aromatic rings. The molecule has 0 unspecified atom stereocenters. The molecule has 0 aromatic heterocycles. The second-order valence-electron chi connectivity index (χ2n) is 9.31. The van der Waals surface area contributed by atoms with Gasteiger partial charge in [-0.3, -0.25) is 23.9 Å². The maximum Gasteiger partial charge on any atom is 0.522 e. The number of nitrogens with one attached hydrogen (secondary N) is 2. The standard InChI is InChI=1S/C22H32F3N3O6/c1-2-17(29)21(33)28-15-6-4-3-5-12(15)10-16(28)20(32)27-14(9-13-7-8-26-19(13)31)18(30)11-34-22(23,24)25/h12-17,29H,2-11H2,1H3,(H,26,31)(H,27,32)/t12-,13-,14-,15-,16-,17+/m0/s1. The molecule has 0 aromatic carbocycles. The number of amides is 3. The van der Waals surface area contributed by atoms with E-state index in [0.717, 1.165) is 19.3 Å². The molecule has 0 bridgehead atoms. The van der Waals surface area contributed by atoms with Crippen molar-refractivity contribution in [2.75, 3.05) is 13.2 Å². The van der Waals surface area contributed by atoms with E-state index in [1.165, 1.54) is 4.90 Å². The van der Waals surface area contributed by atoms with Gasteiger partial charge in [0.1, 0.15) is 18.8 Å². The van der Waals surface area contributed by atoms with Crippen LogP contribution < -0.4 is 10.6 Å². The third-order valence-electron chi connectivity index (χ3n) is 7.08. The number of rotatable bonds is 9. The summed E-state index contributed by atoms with van der Waals surface area (Å²) in [4.78, 5) is 52.2. The lowest BCUT2D eigenvalue weighted by molar-refractivity contribution is -0.321. The molecule has 3 N–H and O–H groups in total. The number of halogens is 3. The fourth-order valence-corrected chi connectivity index (χ4v) is 5.30. The number of nitrogens with zero attached hydrogens (tertiary/aromatic N) is 1. The fraction of sp³-hybridized carbons (Fsp3) is 0.818. The quantitative estimate of drug-likeness (QED) is 0.443. The lowest BCUT2D eigenvalue weighted by Crippen LogP contribution is -2.55. The van der Waals surface area contributed by atoms with E-state index in [1.54, 1.807) is 6.92 Å². The molecule has 1 saturated carbocycles. The number of ketones is 1. The van der Waals surface area contributed by atoms with Crippen molar-refractivity contribution in [2.45, 2.75) is 88.9 Å². The third kappa shape index (κ3) is 6.26. The molecule has 2 aliphatic heterocycles. The highest BCUT2D eigenvalue weighted by Crippen LogP contribution is 2.40. The van der Waals surface area contributed by atoms with Crippen LogP contribution in [0.4, 0.5) is 13.2 Å². The van der Waals surface area contributed by atoms with E-state index in [2.05, 4.69) is 15.4 Å². The van der Waals surface area contributed by atoms with Crippen LogP contribution in [0, 0.1) is 11.8 Å². The minimum atomic E-state index is -5.02. The number of alkyl halides is 3. The van der Waals surface area contributed by atoms with E-state index in [0.29, 0.717) is 25.8 Å². The van der Waals surface area contributed by atoms with Crippen molar-refractivity contribution >= 4 is 23.5 Å². The van der Waals surface area contributed by atoms with Crippen LogP contribution in [-0.4, -0.2) is 77.3 Å². The van der Waals surface area contributed by atoms with Crippen LogP contribution in [0.2, 0.25) is 0 Å². The maximum atomic E-state index is 13.3. The van der Waals surface area contributed by atoms with Gasteiger partial charge in [0.15, 0.2) is 5.78 Å². The summed E-state index contributed by atoms with van der Waals surface area (Å²) < 4.78 is 41.1. The highest BCUT2D eigenvalue weighted by atomic mass is 19.4. The van der Waals surface area contributed by atoms with E-state index in [1.807, 2.05) is 0 Å². The van der Waals surface area contributed by atoms with Crippen LogP contribution >= 0.6 is 0 Å². The molecular weight excluding hydrogens is 459 g/mol. The zero-order valence-electron chi connectivity index (χ0n) is 19.1. The number of carbonyl (C=O) groups is 4. The predicted octanol–water partition coefficient (Wildman–Crippen LogP) is 1.03. The molecule has 3 fully saturated rings. The maximum absolute atomic E-state index is 13.3. The minimum absolute atomic E-state index is 0.0702. The Morgan fingerprint density at radius 1 is 1.24 bits per heavy atom. The summed E-state index contributed by atoms with van der Waals surface area (Å²) in [7, 11) is 0. The van der Waals surface area contributed by atoms with Crippen LogP contribution in [0.5, 0.6) is 0 Å². The van der Waals surface area contributed by atoms with Gasteiger partial charge < -0.3 is 20.6 Å². The molecule has 192 valence electrons. The Labute approximate surface area is 195 Å². The molecule has 0 radical (unpaired) electrons. The first-order valence-corrected chi connectivity index (χ1v) is 11.8. The first-order chi connectivity index (χ1) is 16.0. The largest absolute Gasteiger partial charge is 0.522 e. The first kappa shape index (κ1) is 26.4. The highest BCUT2D eigenvalue weighted by molar-refractivity contribution is 5.95. The average molecular weight is 492 g/mol. The summed E-state index contributed by atoms with van der Waals surface area (Å²) in [6, 6.07) is -2.53. The molecule has 6 atom stereocenters. The minimum Gasteiger partial charge on any atom is -0.383 e. The Morgan fingerprint density at radius 2 is 1.94 bits per heavy atom. The summed E-state index contributed by atoms with van der Waals surface area (Å²) in [6.45, 7) is 0.727. The van der Waals surface area contributed by atoms with E-state index in [9.17, 15) is 37.5 Å². The lowest BCUT2D eigenvalue weighted by Gasteiger charge is -2.35. The van der Waals surface area contributed by atoms with Gasteiger partial charge in [-0.2, -0.15) is 0 Å². The number of carbonyl (C=O) groups excluding carboxylic acids is 4. The van der Waals surface area contributed by atoms with Crippen molar-refractivity contribution in [3.63, 3.8) is 0 Å². The molecule has 1 aliphatic carbocycles. The van der Waals surface area contributed by atoms with Crippen molar-refractivity contribution in [2.24, 2.45) is 11.8 Å². The van der Waals surface area contributed by atoms with E-state index in [4.69, 9.17) is 0 Å². The van der Waals surface area contributed by atoms with Gasteiger partial charge in [-0.25, -0.2) is 0 Å². The van der Waals surface area contributed by atoms with Gasteiger partial charge in [-0.05, 0) is 44.4 Å². The van der Waals surface area contributed by atoms with Gasteiger partial charge >= 0.3 is 6.36 Å². The number of Topliss-reactive ketones (excluding diaryl/α,β-unsaturated/α-hetero) is 1. The SMILES string of the molecule is CC[C@@H](O)C(=O)N1[C@H](C(=O)N[C@@H](C[C@@H]2CCNC2=O)C(=O)COC(F)(F)F)C[C@@H]2CCCC[C@@H]21. The monoisotopic (exact) mass is 491 g/mol. The van der Waals surface area contributed by atoms with Crippen LogP contribution in [0.1, 0.15) is 58.3 Å².